The Morgan fingerprint density at radius 1 is 1.22 bits per heavy atom. The molecule has 1 amide bonds. The van der Waals surface area contributed by atoms with Crippen molar-refractivity contribution >= 4 is 28.0 Å². The molecule has 1 aromatic carbocycles. The third-order valence-corrected chi connectivity index (χ3v) is 6.60. The predicted octanol–water partition coefficient (Wildman–Crippen LogP) is 3.51. The number of Topliss-reactive ketones (excluding diaryl/α,β-unsaturated/α-hetero) is 1. The number of nitrogens with zero attached hydrogens (tertiary/aromatic N) is 1. The molecule has 0 unspecified atom stereocenters. The standard InChI is InChI=1S/C21H24N2O3S/c1-21(2)11-15-17(13-4-3-5-14(10-13)19(22)25)20(23-6-8-26-9-7-23)27-18(15)16(24)12-21/h3-5,10H,6-9,11-12H2,1-2H3,(H2,22,25). The molecule has 0 saturated carbocycles. The first-order chi connectivity index (χ1) is 12.9. The van der Waals surface area contributed by atoms with Gasteiger partial charge < -0.3 is 15.4 Å². The number of morpholine rings is 1. The number of benzene rings is 1. The Morgan fingerprint density at radius 2 is 1.96 bits per heavy atom. The molecule has 1 aromatic heterocycles. The van der Waals surface area contributed by atoms with Crippen molar-refractivity contribution in [2.75, 3.05) is 31.2 Å². The maximum atomic E-state index is 12.8. The highest BCUT2D eigenvalue weighted by Gasteiger charge is 2.37. The normalized spacial score (nSPS) is 19.0. The van der Waals surface area contributed by atoms with Crippen LogP contribution >= 0.6 is 11.3 Å². The third kappa shape index (κ3) is 3.39. The summed E-state index contributed by atoms with van der Waals surface area (Å²) in [7, 11) is 0. The molecule has 142 valence electrons. The Bertz CT molecular complexity index is 910. The summed E-state index contributed by atoms with van der Waals surface area (Å²) in [6.07, 6.45) is 1.43. The molecule has 2 aromatic rings. The van der Waals surface area contributed by atoms with E-state index in [2.05, 4.69) is 18.7 Å². The molecule has 1 aliphatic carbocycles. The van der Waals surface area contributed by atoms with E-state index in [-0.39, 0.29) is 11.2 Å². The summed E-state index contributed by atoms with van der Waals surface area (Å²) in [6.45, 7) is 7.26. The van der Waals surface area contributed by atoms with Crippen LogP contribution in [0.3, 0.4) is 0 Å². The molecular formula is C21H24N2O3S. The number of thiophene rings is 1. The number of ether oxygens (including phenoxy) is 1. The molecule has 0 bridgehead atoms. The molecule has 1 aliphatic heterocycles. The lowest BCUT2D eigenvalue weighted by Gasteiger charge is -2.30. The van der Waals surface area contributed by atoms with Crippen molar-refractivity contribution in [2.45, 2.75) is 26.7 Å². The summed E-state index contributed by atoms with van der Waals surface area (Å²) in [5, 5.41) is 1.11. The molecule has 0 spiro atoms. The van der Waals surface area contributed by atoms with Crippen LogP contribution in [0, 0.1) is 5.41 Å². The number of ketones is 1. The van der Waals surface area contributed by atoms with Gasteiger partial charge in [0.15, 0.2) is 5.78 Å². The fourth-order valence-corrected chi connectivity index (χ4v) is 5.35. The minimum atomic E-state index is -0.440. The molecule has 6 heteroatoms. The maximum Gasteiger partial charge on any atom is 0.248 e. The van der Waals surface area contributed by atoms with E-state index in [0.29, 0.717) is 25.2 Å². The van der Waals surface area contributed by atoms with Crippen LogP contribution in [0.25, 0.3) is 11.1 Å². The van der Waals surface area contributed by atoms with Gasteiger partial charge in [0, 0.05) is 30.6 Å². The number of nitrogens with two attached hydrogens (primary N) is 1. The second-order valence-electron chi connectivity index (χ2n) is 8.08. The van der Waals surface area contributed by atoms with E-state index in [0.717, 1.165) is 46.1 Å². The number of hydrogen-bond donors (Lipinski definition) is 1. The van der Waals surface area contributed by atoms with Gasteiger partial charge in [0.2, 0.25) is 5.91 Å². The zero-order chi connectivity index (χ0) is 19.2. The number of rotatable bonds is 3. The van der Waals surface area contributed by atoms with E-state index >= 15 is 0 Å². The molecule has 4 rings (SSSR count). The second-order valence-corrected chi connectivity index (χ2v) is 9.07. The van der Waals surface area contributed by atoms with Crippen LogP contribution in [0.15, 0.2) is 24.3 Å². The largest absolute Gasteiger partial charge is 0.378 e. The lowest BCUT2D eigenvalue weighted by atomic mass is 9.75. The first-order valence-electron chi connectivity index (χ1n) is 9.27. The van der Waals surface area contributed by atoms with Crippen molar-refractivity contribution < 1.29 is 14.3 Å². The number of primary amides is 1. The van der Waals surface area contributed by atoms with Crippen molar-refractivity contribution in [2.24, 2.45) is 11.1 Å². The molecule has 2 heterocycles. The van der Waals surface area contributed by atoms with E-state index in [1.54, 1.807) is 17.4 Å². The van der Waals surface area contributed by atoms with Crippen LogP contribution in [0.5, 0.6) is 0 Å². The zero-order valence-electron chi connectivity index (χ0n) is 15.7. The van der Waals surface area contributed by atoms with Gasteiger partial charge in [0.25, 0.3) is 0 Å². The molecule has 2 N–H and O–H groups in total. The average molecular weight is 385 g/mol. The molecule has 5 nitrogen and oxygen atoms in total. The average Bonchev–Trinajstić information content (AvgIpc) is 3.01. The van der Waals surface area contributed by atoms with Crippen LogP contribution in [0.1, 0.15) is 45.9 Å². The van der Waals surface area contributed by atoms with Crippen molar-refractivity contribution in [3.63, 3.8) is 0 Å². The van der Waals surface area contributed by atoms with Gasteiger partial charge in [0.1, 0.15) is 0 Å². The molecule has 0 radical (unpaired) electrons. The van der Waals surface area contributed by atoms with Crippen LogP contribution in [0.4, 0.5) is 5.00 Å². The first-order valence-corrected chi connectivity index (χ1v) is 10.1. The summed E-state index contributed by atoms with van der Waals surface area (Å²) in [5.41, 5.74) is 9.08. The van der Waals surface area contributed by atoms with Crippen LogP contribution in [-0.2, 0) is 11.2 Å². The summed E-state index contributed by atoms with van der Waals surface area (Å²) < 4.78 is 5.51. The highest BCUT2D eigenvalue weighted by molar-refractivity contribution is 7.19. The summed E-state index contributed by atoms with van der Waals surface area (Å²) in [4.78, 5) is 27.7. The number of hydrogen-bond acceptors (Lipinski definition) is 5. The quantitative estimate of drug-likeness (QED) is 0.879. The van der Waals surface area contributed by atoms with Crippen molar-refractivity contribution in [3.05, 3.63) is 40.3 Å². The van der Waals surface area contributed by atoms with Crippen molar-refractivity contribution in [3.8, 4) is 11.1 Å². The Labute approximate surface area is 163 Å². The van der Waals surface area contributed by atoms with E-state index in [1.165, 1.54) is 0 Å². The van der Waals surface area contributed by atoms with E-state index in [9.17, 15) is 9.59 Å². The van der Waals surface area contributed by atoms with E-state index in [1.807, 2.05) is 18.2 Å². The monoisotopic (exact) mass is 384 g/mol. The Kier molecular flexibility index (Phi) is 4.56. The lowest BCUT2D eigenvalue weighted by molar-refractivity contribution is 0.0917. The zero-order valence-corrected chi connectivity index (χ0v) is 16.5. The fraction of sp³-hybridized carbons (Fsp3) is 0.429. The minimum absolute atomic E-state index is 0.0660. The molecule has 2 aliphatic rings. The fourth-order valence-electron chi connectivity index (χ4n) is 4.02. The maximum absolute atomic E-state index is 12.8. The Morgan fingerprint density at radius 3 is 2.67 bits per heavy atom. The SMILES string of the molecule is CC1(C)CC(=O)c2sc(N3CCOCC3)c(-c3cccc(C(N)=O)c3)c2C1. The number of amides is 1. The van der Waals surface area contributed by atoms with Crippen LogP contribution < -0.4 is 10.6 Å². The van der Waals surface area contributed by atoms with Gasteiger partial charge in [-0.15, -0.1) is 11.3 Å². The molecule has 0 atom stereocenters. The van der Waals surface area contributed by atoms with Gasteiger partial charge >= 0.3 is 0 Å². The topological polar surface area (TPSA) is 72.6 Å². The summed E-state index contributed by atoms with van der Waals surface area (Å²) in [6, 6.07) is 7.44. The van der Waals surface area contributed by atoms with Gasteiger partial charge in [0.05, 0.1) is 23.1 Å². The van der Waals surface area contributed by atoms with Gasteiger partial charge in [-0.05, 0) is 35.1 Å². The van der Waals surface area contributed by atoms with Crippen molar-refractivity contribution in [1.29, 1.82) is 0 Å². The summed E-state index contributed by atoms with van der Waals surface area (Å²) in [5.74, 6) is -0.219. The molecule has 1 saturated heterocycles. The van der Waals surface area contributed by atoms with Gasteiger partial charge in [-0.25, -0.2) is 0 Å². The smallest absolute Gasteiger partial charge is 0.248 e. The summed E-state index contributed by atoms with van der Waals surface area (Å²) >= 11 is 1.59. The third-order valence-electron chi connectivity index (χ3n) is 5.27. The molecule has 1 fully saturated rings. The van der Waals surface area contributed by atoms with Gasteiger partial charge in [-0.2, -0.15) is 0 Å². The molecule has 27 heavy (non-hydrogen) atoms. The Balaban J connectivity index is 1.91. The highest BCUT2D eigenvalue weighted by atomic mass is 32.1. The van der Waals surface area contributed by atoms with Crippen molar-refractivity contribution in [1.82, 2.24) is 0 Å². The predicted molar refractivity (Wildman–Crippen MR) is 108 cm³/mol. The number of carbonyl (C=O) groups is 2. The van der Waals surface area contributed by atoms with Gasteiger partial charge in [-0.3, -0.25) is 9.59 Å². The molecular weight excluding hydrogens is 360 g/mol. The minimum Gasteiger partial charge on any atom is -0.378 e. The first kappa shape index (κ1) is 18.2. The number of fused-ring (bicyclic) bond motifs is 1. The Hall–Kier alpha value is -2.18. The number of anilines is 1. The second kappa shape index (κ2) is 6.77. The highest BCUT2D eigenvalue weighted by Crippen LogP contribution is 2.49. The number of carbonyl (C=O) groups excluding carboxylic acids is 2. The van der Waals surface area contributed by atoms with E-state index < -0.39 is 5.91 Å². The van der Waals surface area contributed by atoms with E-state index in [4.69, 9.17) is 10.5 Å². The lowest BCUT2D eigenvalue weighted by Crippen LogP contribution is -2.36. The van der Waals surface area contributed by atoms with Crippen LogP contribution in [0.2, 0.25) is 0 Å². The van der Waals surface area contributed by atoms with Crippen LogP contribution in [-0.4, -0.2) is 38.0 Å². The van der Waals surface area contributed by atoms with Gasteiger partial charge in [-0.1, -0.05) is 26.0 Å².